The lowest BCUT2D eigenvalue weighted by Crippen LogP contribution is -2.12. The monoisotopic (exact) mass is 221 g/mol. The molecule has 0 aliphatic heterocycles. The molecule has 3 N–H and O–H groups in total. The molecule has 0 fully saturated rings. The van der Waals surface area contributed by atoms with Gasteiger partial charge in [-0.1, -0.05) is 5.16 Å². The summed E-state index contributed by atoms with van der Waals surface area (Å²) in [6, 6.07) is 0. The maximum atomic E-state index is 10.8. The molecule has 0 bridgehead atoms. The van der Waals surface area contributed by atoms with Gasteiger partial charge in [-0.2, -0.15) is 4.98 Å². The van der Waals surface area contributed by atoms with Gasteiger partial charge in [0.25, 0.3) is 5.89 Å². The first-order chi connectivity index (χ1) is 6.42. The van der Waals surface area contributed by atoms with E-state index in [1.807, 2.05) is 0 Å². The molecular weight excluding hydrogens is 210 g/mol. The summed E-state index contributed by atoms with van der Waals surface area (Å²) < 4.78 is 26.3. The highest BCUT2D eigenvalue weighted by atomic mass is 32.2. The highest BCUT2D eigenvalue weighted by molar-refractivity contribution is 7.89. The molecule has 0 amide bonds. The summed E-state index contributed by atoms with van der Waals surface area (Å²) in [5.74, 6) is -0.352. The molecule has 0 spiro atoms. The molecule has 1 heterocycles. The average molecular weight is 221 g/mol. The SMILES string of the molecule is CS(=O)(=O)Cc1noc(C(O)CN)n1. The highest BCUT2D eigenvalue weighted by Gasteiger charge is 2.16. The Hall–Kier alpha value is -0.990. The Bertz CT molecular complexity index is 399. The van der Waals surface area contributed by atoms with Gasteiger partial charge in [-0.05, 0) is 0 Å². The summed E-state index contributed by atoms with van der Waals surface area (Å²) in [5.41, 5.74) is 5.14. The lowest BCUT2D eigenvalue weighted by atomic mass is 10.4. The zero-order valence-electron chi connectivity index (χ0n) is 7.54. The van der Waals surface area contributed by atoms with Crippen molar-refractivity contribution in [3.05, 3.63) is 11.7 Å². The van der Waals surface area contributed by atoms with Gasteiger partial charge in [0.1, 0.15) is 11.9 Å². The third kappa shape index (κ3) is 3.05. The standard InChI is InChI=1S/C6H11N3O4S/c1-14(11,12)3-5-8-6(13-9-5)4(10)2-7/h4,10H,2-3,7H2,1H3. The average Bonchev–Trinajstić information content (AvgIpc) is 2.48. The number of aromatic nitrogens is 2. The van der Waals surface area contributed by atoms with Gasteiger partial charge in [-0.15, -0.1) is 0 Å². The molecular formula is C6H11N3O4S. The lowest BCUT2D eigenvalue weighted by molar-refractivity contribution is 0.141. The molecule has 1 unspecified atom stereocenters. The van der Waals surface area contributed by atoms with Crippen molar-refractivity contribution in [1.82, 2.24) is 10.1 Å². The molecule has 0 saturated heterocycles. The third-order valence-corrected chi connectivity index (χ3v) is 2.17. The van der Waals surface area contributed by atoms with E-state index in [0.717, 1.165) is 6.26 Å². The fourth-order valence-corrected chi connectivity index (χ4v) is 1.38. The van der Waals surface area contributed by atoms with Crippen LogP contribution in [0.5, 0.6) is 0 Å². The van der Waals surface area contributed by atoms with E-state index in [1.165, 1.54) is 0 Å². The smallest absolute Gasteiger partial charge is 0.256 e. The molecule has 1 aromatic rings. The number of aliphatic hydroxyl groups is 1. The van der Waals surface area contributed by atoms with Crippen molar-refractivity contribution in [1.29, 1.82) is 0 Å². The van der Waals surface area contributed by atoms with E-state index in [4.69, 9.17) is 5.73 Å². The van der Waals surface area contributed by atoms with Crippen LogP contribution in [0.1, 0.15) is 17.8 Å². The van der Waals surface area contributed by atoms with Crippen molar-refractivity contribution >= 4 is 9.84 Å². The fraction of sp³-hybridized carbons (Fsp3) is 0.667. The van der Waals surface area contributed by atoms with E-state index in [1.54, 1.807) is 0 Å². The molecule has 0 aliphatic carbocycles. The first kappa shape index (κ1) is 11.1. The van der Waals surface area contributed by atoms with E-state index in [0.29, 0.717) is 0 Å². The quantitative estimate of drug-likeness (QED) is 0.642. The summed E-state index contributed by atoms with van der Waals surface area (Å²) in [5, 5.41) is 12.6. The van der Waals surface area contributed by atoms with Crippen molar-refractivity contribution in [2.75, 3.05) is 12.8 Å². The molecule has 1 atom stereocenters. The molecule has 1 aromatic heterocycles. The summed E-state index contributed by atoms with van der Waals surface area (Å²) in [6.07, 6.45) is 0.0124. The number of sulfone groups is 1. The molecule has 0 saturated carbocycles. The summed E-state index contributed by atoms with van der Waals surface area (Å²) in [4.78, 5) is 3.68. The van der Waals surface area contributed by atoms with Crippen LogP contribution in [0.25, 0.3) is 0 Å². The Kier molecular flexibility index (Phi) is 3.19. The van der Waals surface area contributed by atoms with Crippen molar-refractivity contribution in [3.8, 4) is 0 Å². The number of hydrogen-bond acceptors (Lipinski definition) is 7. The Morgan fingerprint density at radius 3 is 2.79 bits per heavy atom. The normalized spacial score (nSPS) is 14.2. The van der Waals surface area contributed by atoms with Crippen LogP contribution < -0.4 is 5.73 Å². The minimum Gasteiger partial charge on any atom is -0.382 e. The minimum absolute atomic E-state index is 0.0231. The molecule has 1 rings (SSSR count). The van der Waals surface area contributed by atoms with Gasteiger partial charge in [0, 0.05) is 12.8 Å². The largest absolute Gasteiger partial charge is 0.382 e. The Labute approximate surface area is 80.8 Å². The summed E-state index contributed by atoms with van der Waals surface area (Å²) in [7, 11) is -3.19. The van der Waals surface area contributed by atoms with Crippen LogP contribution in [0.15, 0.2) is 4.52 Å². The maximum absolute atomic E-state index is 10.8. The predicted molar refractivity (Wildman–Crippen MR) is 46.9 cm³/mol. The second kappa shape index (κ2) is 4.03. The highest BCUT2D eigenvalue weighted by Crippen LogP contribution is 2.09. The predicted octanol–water partition coefficient (Wildman–Crippen LogP) is -1.39. The molecule has 0 aromatic carbocycles. The van der Waals surface area contributed by atoms with Crippen LogP contribution in [0, 0.1) is 0 Å². The van der Waals surface area contributed by atoms with Gasteiger partial charge in [-0.25, -0.2) is 8.42 Å². The first-order valence-corrected chi connectivity index (χ1v) is 5.87. The molecule has 8 heteroatoms. The van der Waals surface area contributed by atoms with Crippen LogP contribution >= 0.6 is 0 Å². The van der Waals surface area contributed by atoms with Crippen LogP contribution in [-0.2, 0) is 15.6 Å². The van der Waals surface area contributed by atoms with Gasteiger partial charge in [0.2, 0.25) is 0 Å². The van der Waals surface area contributed by atoms with Gasteiger partial charge in [0.15, 0.2) is 15.7 Å². The molecule has 0 radical (unpaired) electrons. The van der Waals surface area contributed by atoms with E-state index in [-0.39, 0.29) is 24.0 Å². The van der Waals surface area contributed by atoms with Crippen molar-refractivity contribution in [2.45, 2.75) is 11.9 Å². The van der Waals surface area contributed by atoms with Gasteiger partial charge >= 0.3 is 0 Å². The van der Waals surface area contributed by atoms with Crippen LogP contribution in [0.4, 0.5) is 0 Å². The van der Waals surface area contributed by atoms with Crippen LogP contribution in [0.3, 0.4) is 0 Å². The van der Waals surface area contributed by atoms with Gasteiger partial charge < -0.3 is 15.4 Å². The second-order valence-corrected chi connectivity index (χ2v) is 5.01. The van der Waals surface area contributed by atoms with E-state index < -0.39 is 15.9 Å². The molecule has 0 aliphatic rings. The van der Waals surface area contributed by atoms with E-state index in [9.17, 15) is 13.5 Å². The lowest BCUT2D eigenvalue weighted by Gasteiger charge is -1.97. The Balaban J connectivity index is 2.79. The summed E-state index contributed by atoms with van der Waals surface area (Å²) >= 11 is 0. The van der Waals surface area contributed by atoms with E-state index in [2.05, 4.69) is 14.7 Å². The second-order valence-electron chi connectivity index (χ2n) is 2.87. The number of nitrogens with zero attached hydrogens (tertiary/aromatic N) is 2. The fourth-order valence-electron chi connectivity index (χ4n) is 0.797. The minimum atomic E-state index is -3.19. The van der Waals surface area contributed by atoms with Crippen molar-refractivity contribution in [3.63, 3.8) is 0 Å². The molecule has 80 valence electrons. The molecule has 7 nitrogen and oxygen atoms in total. The topological polar surface area (TPSA) is 119 Å². The maximum Gasteiger partial charge on any atom is 0.256 e. The number of aliphatic hydroxyl groups excluding tert-OH is 1. The van der Waals surface area contributed by atoms with Gasteiger partial charge in [-0.3, -0.25) is 0 Å². The van der Waals surface area contributed by atoms with Crippen molar-refractivity contribution < 1.29 is 18.0 Å². The number of rotatable bonds is 4. The number of nitrogens with two attached hydrogens (primary N) is 1. The van der Waals surface area contributed by atoms with E-state index >= 15 is 0 Å². The zero-order valence-corrected chi connectivity index (χ0v) is 8.36. The van der Waals surface area contributed by atoms with Crippen LogP contribution in [0.2, 0.25) is 0 Å². The van der Waals surface area contributed by atoms with Gasteiger partial charge in [0.05, 0.1) is 0 Å². The Morgan fingerprint density at radius 2 is 2.29 bits per heavy atom. The Morgan fingerprint density at radius 1 is 1.64 bits per heavy atom. The zero-order chi connectivity index (χ0) is 10.8. The third-order valence-electron chi connectivity index (χ3n) is 1.38. The first-order valence-electron chi connectivity index (χ1n) is 3.80. The molecule has 14 heavy (non-hydrogen) atoms. The number of hydrogen-bond donors (Lipinski definition) is 2. The van der Waals surface area contributed by atoms with Crippen molar-refractivity contribution in [2.24, 2.45) is 5.73 Å². The summed E-state index contributed by atoms with van der Waals surface area (Å²) in [6.45, 7) is -0.0551. The van der Waals surface area contributed by atoms with Crippen LogP contribution in [-0.4, -0.2) is 36.5 Å².